The molecule has 0 N–H and O–H groups in total. The lowest BCUT2D eigenvalue weighted by atomic mass is 10.3. The minimum atomic E-state index is -2.91. The second-order valence-corrected chi connectivity index (χ2v) is 4.70. The molecule has 0 heterocycles. The van der Waals surface area contributed by atoms with Gasteiger partial charge in [0.25, 0.3) is 6.43 Å². The minimum Gasteiger partial charge on any atom is -0.327 e. The van der Waals surface area contributed by atoms with Gasteiger partial charge in [0.1, 0.15) is 11.4 Å². The summed E-state index contributed by atoms with van der Waals surface area (Å²) in [4.78, 5) is 14.8. The molecule has 0 unspecified atom stereocenters. The number of hydrogen-bond acceptors (Lipinski definition) is 2. The topological polar surface area (TPSA) is 32.7 Å². The van der Waals surface area contributed by atoms with Crippen LogP contribution >= 0.6 is 34.8 Å². The summed E-state index contributed by atoms with van der Waals surface area (Å²) in [5.41, 5.74) is 0.244. The molecule has 0 aliphatic heterocycles. The first-order valence-electron chi connectivity index (χ1n) is 5.24. The number of aliphatic imine (C=N–C) groups is 1. The monoisotopic (exact) mass is 340 g/mol. The van der Waals surface area contributed by atoms with Crippen LogP contribution in [0.25, 0.3) is 0 Å². The molecule has 0 saturated heterocycles. The molecule has 0 aromatic heterocycles. The van der Waals surface area contributed by atoms with E-state index in [-0.39, 0.29) is 20.9 Å². The Hall–Kier alpha value is -1.17. The second kappa shape index (κ2) is 7.57. The molecular formula is C12H9Cl3F2N2O. The molecule has 0 spiro atoms. The molecule has 8 heteroatoms. The number of aldehydes is 1. The van der Waals surface area contributed by atoms with Crippen molar-refractivity contribution in [3.05, 3.63) is 39.5 Å². The first-order chi connectivity index (χ1) is 9.38. The average molecular weight is 342 g/mol. The van der Waals surface area contributed by atoms with Crippen molar-refractivity contribution in [3.8, 4) is 0 Å². The largest absolute Gasteiger partial charge is 0.327 e. The molecule has 1 aromatic rings. The van der Waals surface area contributed by atoms with Crippen molar-refractivity contribution in [3.63, 3.8) is 0 Å². The summed E-state index contributed by atoms with van der Waals surface area (Å²) in [6.45, 7) is 0. The predicted molar refractivity (Wildman–Crippen MR) is 78.3 cm³/mol. The van der Waals surface area contributed by atoms with Crippen LogP contribution in [0.3, 0.4) is 0 Å². The Kier molecular flexibility index (Phi) is 6.39. The van der Waals surface area contributed by atoms with Gasteiger partial charge in [0.2, 0.25) is 0 Å². The summed E-state index contributed by atoms with van der Waals surface area (Å²) < 4.78 is 26.1. The highest BCUT2D eigenvalue weighted by atomic mass is 35.5. The minimum absolute atomic E-state index is 0.112. The van der Waals surface area contributed by atoms with Gasteiger partial charge in [-0.15, -0.1) is 0 Å². The van der Waals surface area contributed by atoms with E-state index in [0.717, 1.165) is 11.0 Å². The highest BCUT2D eigenvalue weighted by Crippen LogP contribution is 2.32. The van der Waals surface area contributed by atoms with Gasteiger partial charge in [-0.05, 0) is 12.1 Å². The van der Waals surface area contributed by atoms with Gasteiger partial charge in [-0.3, -0.25) is 4.79 Å². The van der Waals surface area contributed by atoms with E-state index in [2.05, 4.69) is 4.99 Å². The molecule has 0 radical (unpaired) electrons. The molecule has 1 rings (SSSR count). The molecule has 1 aromatic carbocycles. The van der Waals surface area contributed by atoms with Crippen molar-refractivity contribution in [2.24, 2.45) is 4.99 Å². The summed E-state index contributed by atoms with van der Waals surface area (Å²) in [5, 5.41) is -0.0278. The molecule has 0 saturated carbocycles. The quantitative estimate of drug-likeness (QED) is 0.268. The van der Waals surface area contributed by atoms with Gasteiger partial charge in [0, 0.05) is 13.1 Å². The van der Waals surface area contributed by atoms with Crippen molar-refractivity contribution in [1.82, 2.24) is 0 Å². The number of alkyl halides is 2. The number of hydrogen-bond donors (Lipinski definition) is 0. The molecule has 0 aliphatic rings. The van der Waals surface area contributed by atoms with Crippen molar-refractivity contribution in [1.29, 1.82) is 0 Å². The standard InChI is InChI=1S/C12H9Cl3F2N2O/c1-19(8-4-2-3-7(13)10(8)15)12(11(16)17)18-9(14)5-6-20/h2-6,11H,1H3/b9-5-,18-12?. The highest BCUT2D eigenvalue weighted by molar-refractivity contribution is 6.44. The zero-order valence-electron chi connectivity index (χ0n) is 10.2. The zero-order valence-corrected chi connectivity index (χ0v) is 12.4. The third kappa shape index (κ3) is 4.16. The third-order valence-corrected chi connectivity index (χ3v) is 3.28. The van der Waals surface area contributed by atoms with E-state index in [1.54, 1.807) is 6.07 Å². The van der Waals surface area contributed by atoms with Crippen LogP contribution in [0, 0.1) is 0 Å². The van der Waals surface area contributed by atoms with E-state index in [0.29, 0.717) is 6.29 Å². The Morgan fingerprint density at radius 1 is 1.40 bits per heavy atom. The number of amidine groups is 1. The molecule has 0 bridgehead atoms. The van der Waals surface area contributed by atoms with Gasteiger partial charge in [-0.2, -0.15) is 0 Å². The van der Waals surface area contributed by atoms with Gasteiger partial charge < -0.3 is 4.90 Å². The van der Waals surface area contributed by atoms with Crippen LogP contribution in [0.1, 0.15) is 0 Å². The number of carbonyl (C=O) groups is 1. The fraction of sp³-hybridized carbons (Fsp3) is 0.167. The maximum absolute atomic E-state index is 13.0. The number of nitrogens with zero attached hydrogens (tertiary/aromatic N) is 2. The lowest BCUT2D eigenvalue weighted by Gasteiger charge is -2.22. The molecule has 0 aliphatic carbocycles. The Morgan fingerprint density at radius 3 is 2.60 bits per heavy atom. The molecule has 3 nitrogen and oxygen atoms in total. The number of carbonyl (C=O) groups excluding carboxylic acids is 1. The van der Waals surface area contributed by atoms with Crippen LogP contribution in [0.2, 0.25) is 10.0 Å². The van der Waals surface area contributed by atoms with Crippen molar-refractivity contribution in [2.75, 3.05) is 11.9 Å². The first-order valence-corrected chi connectivity index (χ1v) is 6.37. The smallest absolute Gasteiger partial charge is 0.295 e. The molecular weight excluding hydrogens is 332 g/mol. The molecule has 20 heavy (non-hydrogen) atoms. The second-order valence-electron chi connectivity index (χ2n) is 3.53. The van der Waals surface area contributed by atoms with Crippen LogP contribution in [0.15, 0.2) is 34.4 Å². The van der Waals surface area contributed by atoms with E-state index in [9.17, 15) is 13.6 Å². The first kappa shape index (κ1) is 16.9. The van der Waals surface area contributed by atoms with Crippen LogP contribution in [0.4, 0.5) is 14.5 Å². The normalized spacial score (nSPS) is 12.8. The average Bonchev–Trinajstić information content (AvgIpc) is 2.38. The summed E-state index contributed by atoms with van der Waals surface area (Å²) in [5.74, 6) is -0.655. The summed E-state index contributed by atoms with van der Waals surface area (Å²) in [6, 6.07) is 4.59. The maximum Gasteiger partial charge on any atom is 0.295 e. The number of benzene rings is 1. The van der Waals surface area contributed by atoms with E-state index < -0.39 is 12.3 Å². The number of allylic oxidation sites excluding steroid dienone is 1. The van der Waals surface area contributed by atoms with E-state index in [1.165, 1.54) is 19.2 Å². The van der Waals surface area contributed by atoms with Gasteiger partial charge in [-0.1, -0.05) is 40.9 Å². The van der Waals surface area contributed by atoms with Crippen LogP contribution < -0.4 is 4.90 Å². The fourth-order valence-corrected chi connectivity index (χ4v) is 1.91. The van der Waals surface area contributed by atoms with E-state index >= 15 is 0 Å². The lowest BCUT2D eigenvalue weighted by Crippen LogP contribution is -2.32. The third-order valence-electron chi connectivity index (χ3n) is 2.26. The van der Waals surface area contributed by atoms with Crippen LogP contribution in [-0.2, 0) is 4.79 Å². The predicted octanol–water partition coefficient (Wildman–Crippen LogP) is 4.37. The maximum atomic E-state index is 13.0. The Bertz CT molecular complexity index is 562. The summed E-state index contributed by atoms with van der Waals surface area (Å²) in [6.07, 6.45) is -1.71. The fourth-order valence-electron chi connectivity index (χ4n) is 1.35. The van der Waals surface area contributed by atoms with Gasteiger partial charge in [0.05, 0.1) is 15.7 Å². The van der Waals surface area contributed by atoms with Crippen molar-refractivity contribution in [2.45, 2.75) is 6.43 Å². The number of halogens is 5. The molecule has 108 valence electrons. The van der Waals surface area contributed by atoms with E-state index in [1.807, 2.05) is 0 Å². The van der Waals surface area contributed by atoms with E-state index in [4.69, 9.17) is 34.8 Å². The molecule has 0 fully saturated rings. The van der Waals surface area contributed by atoms with Gasteiger partial charge in [-0.25, -0.2) is 13.8 Å². The van der Waals surface area contributed by atoms with Crippen molar-refractivity contribution < 1.29 is 13.6 Å². The molecule has 0 atom stereocenters. The van der Waals surface area contributed by atoms with Crippen molar-refractivity contribution >= 4 is 52.6 Å². The van der Waals surface area contributed by atoms with Gasteiger partial charge >= 0.3 is 0 Å². The Labute approximate surface area is 129 Å². The number of anilines is 1. The Balaban J connectivity index is 3.25. The molecule has 0 amide bonds. The summed E-state index contributed by atoms with van der Waals surface area (Å²) in [7, 11) is 1.34. The lowest BCUT2D eigenvalue weighted by molar-refractivity contribution is -0.104. The van der Waals surface area contributed by atoms with Gasteiger partial charge in [0.15, 0.2) is 5.84 Å². The Morgan fingerprint density at radius 2 is 2.05 bits per heavy atom. The highest BCUT2D eigenvalue weighted by Gasteiger charge is 2.22. The number of rotatable bonds is 4. The zero-order chi connectivity index (χ0) is 15.3. The van der Waals surface area contributed by atoms with Crippen LogP contribution in [-0.4, -0.2) is 25.6 Å². The SMILES string of the molecule is CN(C(=N/C(Cl)=C\C=O)C(F)F)c1cccc(Cl)c1Cl. The van der Waals surface area contributed by atoms with Crippen LogP contribution in [0.5, 0.6) is 0 Å². The summed E-state index contributed by atoms with van der Waals surface area (Å²) >= 11 is 17.3.